The molecule has 0 atom stereocenters. The molecule has 0 rings (SSSR count). The Morgan fingerprint density at radius 2 is 2.00 bits per heavy atom. The Balaban J connectivity index is 3.78. The van der Waals surface area contributed by atoms with E-state index in [2.05, 4.69) is 4.74 Å². The van der Waals surface area contributed by atoms with Gasteiger partial charge in [-0.25, -0.2) is 9.59 Å². The number of esters is 1. The van der Waals surface area contributed by atoms with Crippen LogP contribution in [0.3, 0.4) is 0 Å². The lowest BCUT2D eigenvalue weighted by atomic mass is 10.5. The lowest BCUT2D eigenvalue weighted by Gasteiger charge is -1.88. The number of carboxylic acids is 1. The van der Waals surface area contributed by atoms with E-state index in [0.29, 0.717) is 6.08 Å². The van der Waals surface area contributed by atoms with Gasteiger partial charge >= 0.3 is 11.9 Å². The highest BCUT2D eigenvalue weighted by molar-refractivity contribution is 5.90. The van der Waals surface area contributed by atoms with Crippen molar-refractivity contribution in [1.29, 1.82) is 0 Å². The van der Waals surface area contributed by atoms with Gasteiger partial charge in [0.05, 0.1) is 6.26 Å². The Labute approximate surface area is 63.8 Å². The zero-order valence-electron chi connectivity index (χ0n) is 5.98. The van der Waals surface area contributed by atoms with Crippen LogP contribution in [0.25, 0.3) is 0 Å². The highest BCUT2D eigenvalue weighted by Crippen LogP contribution is 1.82. The van der Waals surface area contributed by atoms with Crippen molar-refractivity contribution in [3.63, 3.8) is 0 Å². The normalized spacial score (nSPS) is 10.6. The van der Waals surface area contributed by atoms with Gasteiger partial charge in [-0.05, 0) is 6.92 Å². The molecular weight excluding hydrogens is 148 g/mol. The molecule has 0 aliphatic rings. The van der Waals surface area contributed by atoms with Gasteiger partial charge in [0.25, 0.3) is 0 Å². The molecule has 0 fully saturated rings. The Bertz CT molecular complexity index is 202. The maximum absolute atomic E-state index is 10.5. The highest BCUT2D eigenvalue weighted by atomic mass is 16.5. The number of aliphatic carboxylic acids is 1. The van der Waals surface area contributed by atoms with Crippen LogP contribution >= 0.6 is 0 Å². The number of rotatable bonds is 3. The Hall–Kier alpha value is -1.58. The van der Waals surface area contributed by atoms with Crippen molar-refractivity contribution >= 4 is 11.9 Å². The predicted octanol–water partition coefficient (Wildman–Crippen LogP) is 0.704. The van der Waals surface area contributed by atoms with Gasteiger partial charge in [0.15, 0.2) is 0 Å². The maximum atomic E-state index is 10.5. The van der Waals surface area contributed by atoms with Crippen molar-refractivity contribution in [3.8, 4) is 0 Å². The molecule has 0 saturated heterocycles. The number of ether oxygens (including phenoxy) is 1. The summed E-state index contributed by atoms with van der Waals surface area (Å²) in [4.78, 5) is 20.3. The average molecular weight is 156 g/mol. The van der Waals surface area contributed by atoms with E-state index >= 15 is 0 Å². The molecule has 0 aliphatic carbocycles. The van der Waals surface area contributed by atoms with Crippen molar-refractivity contribution in [2.75, 3.05) is 0 Å². The number of carboxylic acid groups (broad SMARTS) is 1. The quantitative estimate of drug-likeness (QED) is 0.371. The molecule has 0 aromatic carbocycles. The summed E-state index contributed by atoms with van der Waals surface area (Å²) in [6.07, 6.45) is 4.25. The van der Waals surface area contributed by atoms with Crippen molar-refractivity contribution in [2.24, 2.45) is 0 Å². The number of allylic oxidation sites excluding steroid dienone is 1. The summed E-state index contributed by atoms with van der Waals surface area (Å²) in [5, 5.41) is 8.08. The molecule has 0 aliphatic heterocycles. The number of carbonyl (C=O) groups is 2. The van der Waals surface area contributed by atoms with Crippen LogP contribution in [0.15, 0.2) is 24.5 Å². The third-order valence-corrected chi connectivity index (χ3v) is 0.682. The molecule has 4 nitrogen and oxygen atoms in total. The van der Waals surface area contributed by atoms with Crippen LogP contribution in [0.5, 0.6) is 0 Å². The average Bonchev–Trinajstić information content (AvgIpc) is 1.97. The van der Waals surface area contributed by atoms with Crippen molar-refractivity contribution in [1.82, 2.24) is 0 Å². The molecule has 1 N–H and O–H groups in total. The molecule has 0 amide bonds. The van der Waals surface area contributed by atoms with Gasteiger partial charge in [0, 0.05) is 12.2 Å². The minimum atomic E-state index is -1.18. The van der Waals surface area contributed by atoms with Gasteiger partial charge in [0.1, 0.15) is 0 Å². The molecule has 0 saturated carbocycles. The number of hydrogen-bond donors (Lipinski definition) is 1. The fourth-order valence-corrected chi connectivity index (χ4v) is 0.314. The minimum absolute atomic E-state index is 0.703. The van der Waals surface area contributed by atoms with E-state index in [-0.39, 0.29) is 0 Å². The fourth-order valence-electron chi connectivity index (χ4n) is 0.314. The molecule has 0 heterocycles. The Morgan fingerprint density at radius 1 is 1.36 bits per heavy atom. The van der Waals surface area contributed by atoms with E-state index in [1.807, 2.05) is 0 Å². The Morgan fingerprint density at radius 3 is 2.45 bits per heavy atom. The molecule has 11 heavy (non-hydrogen) atoms. The summed E-state index contributed by atoms with van der Waals surface area (Å²) >= 11 is 0. The minimum Gasteiger partial charge on any atom is -0.478 e. The Kier molecular flexibility index (Phi) is 4.47. The van der Waals surface area contributed by atoms with Gasteiger partial charge in [-0.2, -0.15) is 0 Å². The van der Waals surface area contributed by atoms with Crippen LogP contribution in [0.4, 0.5) is 0 Å². The van der Waals surface area contributed by atoms with Gasteiger partial charge in [-0.15, -0.1) is 0 Å². The summed E-state index contributed by atoms with van der Waals surface area (Å²) in [6.45, 7) is 1.67. The molecule has 0 radical (unpaired) electrons. The topological polar surface area (TPSA) is 63.6 Å². The molecular formula is C7H8O4. The molecule has 60 valence electrons. The SMILES string of the molecule is CC=COC(=O)/C=C/C(=O)O. The van der Waals surface area contributed by atoms with Gasteiger partial charge in [-0.1, -0.05) is 6.08 Å². The monoisotopic (exact) mass is 156 g/mol. The van der Waals surface area contributed by atoms with Crippen LogP contribution in [0.2, 0.25) is 0 Å². The van der Waals surface area contributed by atoms with E-state index in [9.17, 15) is 9.59 Å². The first-order valence-corrected chi connectivity index (χ1v) is 2.89. The summed E-state index contributed by atoms with van der Waals surface area (Å²) < 4.78 is 4.37. The summed E-state index contributed by atoms with van der Waals surface area (Å²) in [5.41, 5.74) is 0. The van der Waals surface area contributed by atoms with E-state index in [0.717, 1.165) is 6.08 Å². The van der Waals surface area contributed by atoms with Crippen LogP contribution in [0, 0.1) is 0 Å². The molecule has 0 unspecified atom stereocenters. The lowest BCUT2D eigenvalue weighted by Crippen LogP contribution is -1.96. The van der Waals surface area contributed by atoms with E-state index in [1.165, 1.54) is 12.3 Å². The van der Waals surface area contributed by atoms with Crippen molar-refractivity contribution in [2.45, 2.75) is 6.92 Å². The first kappa shape index (κ1) is 9.42. The van der Waals surface area contributed by atoms with Gasteiger partial charge in [-0.3, -0.25) is 0 Å². The lowest BCUT2D eigenvalue weighted by molar-refractivity contribution is -0.134. The zero-order valence-corrected chi connectivity index (χ0v) is 5.98. The third-order valence-electron chi connectivity index (χ3n) is 0.682. The smallest absolute Gasteiger partial charge is 0.335 e. The van der Waals surface area contributed by atoms with Crippen LogP contribution in [-0.4, -0.2) is 17.0 Å². The highest BCUT2D eigenvalue weighted by Gasteiger charge is 1.93. The summed E-state index contributed by atoms with van der Waals surface area (Å²) in [7, 11) is 0. The van der Waals surface area contributed by atoms with Crippen molar-refractivity contribution in [3.05, 3.63) is 24.5 Å². The van der Waals surface area contributed by atoms with E-state index in [1.54, 1.807) is 6.92 Å². The van der Waals surface area contributed by atoms with Crippen LogP contribution in [0.1, 0.15) is 6.92 Å². The van der Waals surface area contributed by atoms with Crippen LogP contribution in [-0.2, 0) is 14.3 Å². The van der Waals surface area contributed by atoms with Gasteiger partial charge < -0.3 is 9.84 Å². The first-order chi connectivity index (χ1) is 5.16. The van der Waals surface area contributed by atoms with Crippen LogP contribution < -0.4 is 0 Å². The van der Waals surface area contributed by atoms with Gasteiger partial charge in [0.2, 0.25) is 0 Å². The van der Waals surface area contributed by atoms with Crippen molar-refractivity contribution < 1.29 is 19.4 Å². The van der Waals surface area contributed by atoms with E-state index < -0.39 is 11.9 Å². The fraction of sp³-hybridized carbons (Fsp3) is 0.143. The first-order valence-electron chi connectivity index (χ1n) is 2.89. The number of hydrogen-bond acceptors (Lipinski definition) is 3. The third kappa shape index (κ3) is 6.30. The summed E-state index contributed by atoms with van der Waals surface area (Å²) in [6, 6.07) is 0. The standard InChI is InChI=1S/C7H8O4/c1-2-5-11-7(10)4-3-6(8)9/h2-5H,1H3,(H,8,9)/b4-3+,5-2?. The molecule has 4 heteroatoms. The molecule has 0 aromatic rings. The van der Waals surface area contributed by atoms with E-state index in [4.69, 9.17) is 5.11 Å². The molecule has 0 spiro atoms. The number of carbonyl (C=O) groups excluding carboxylic acids is 1. The zero-order chi connectivity index (χ0) is 8.69. The molecule has 0 aromatic heterocycles. The predicted molar refractivity (Wildman–Crippen MR) is 37.7 cm³/mol. The second-order valence-electron chi connectivity index (χ2n) is 1.58. The summed E-state index contributed by atoms with van der Waals surface area (Å²) in [5.74, 6) is -1.88. The maximum Gasteiger partial charge on any atom is 0.335 e. The second kappa shape index (κ2) is 5.22. The second-order valence-corrected chi connectivity index (χ2v) is 1.58. The molecule has 0 bridgehead atoms. The largest absolute Gasteiger partial charge is 0.478 e.